The van der Waals surface area contributed by atoms with Crippen LogP contribution in [0, 0.1) is 0 Å². The highest BCUT2D eigenvalue weighted by molar-refractivity contribution is 6.76. The molecule has 2 bridgehead atoms. The second-order valence-corrected chi connectivity index (χ2v) is 19.0. The van der Waals surface area contributed by atoms with Gasteiger partial charge in [0.2, 0.25) is 5.91 Å². The van der Waals surface area contributed by atoms with Crippen LogP contribution in [-0.2, 0) is 22.8 Å². The fourth-order valence-corrected chi connectivity index (χ4v) is 7.53. The molecule has 4 aromatic rings. The molecule has 14 heteroatoms. The molecule has 3 N–H and O–H groups in total. The Balaban J connectivity index is 1.36. The number of nitrogens with one attached hydrogen (secondary N) is 2. The molecule has 1 aromatic carbocycles. The second kappa shape index (κ2) is 12.0. The zero-order valence-electron chi connectivity index (χ0n) is 25.5. The number of nitrogens with zero attached hydrogens (tertiary/aromatic N) is 6. The summed E-state index contributed by atoms with van der Waals surface area (Å²) in [5, 5.41) is 20.4. The minimum atomic E-state index is -1.26. The number of benzene rings is 1. The molecule has 234 valence electrons. The van der Waals surface area contributed by atoms with Crippen molar-refractivity contribution in [3.63, 3.8) is 0 Å². The Hall–Kier alpha value is -3.68. The van der Waals surface area contributed by atoms with Gasteiger partial charge in [0.15, 0.2) is 5.65 Å². The molecule has 2 saturated heterocycles. The van der Waals surface area contributed by atoms with Gasteiger partial charge in [0.05, 0.1) is 16.7 Å². The van der Waals surface area contributed by atoms with Crippen LogP contribution >= 0.6 is 11.6 Å². The number of carboxylic acid groups (broad SMARTS) is 1. The summed E-state index contributed by atoms with van der Waals surface area (Å²) in [4.78, 5) is 35.6. The SMILES string of the molecule is CNC(=O)Cn1cc2c(Cl)c(-c3cn(COCC[Si](C)(C)C)c4nc(N5C6CCC5CC(NC(=O)O)C6)cnc34)ccc2n1. The molecule has 44 heavy (non-hydrogen) atoms. The maximum atomic E-state index is 11.9. The number of carbonyl (C=O) groups excluding carboxylic acids is 1. The van der Waals surface area contributed by atoms with Gasteiger partial charge < -0.3 is 29.9 Å². The molecular weight excluding hydrogens is 600 g/mol. The Kier molecular flexibility index (Phi) is 8.29. The first-order valence-corrected chi connectivity index (χ1v) is 19.2. The minimum absolute atomic E-state index is 0.0501. The molecule has 0 aliphatic carbocycles. The number of fused-ring (bicyclic) bond motifs is 4. The summed E-state index contributed by atoms with van der Waals surface area (Å²) in [5.74, 6) is 0.650. The standard InChI is InChI=1S/C30H39ClN8O4Si/c1-32-26(40)16-38-15-23-24(36-38)8-7-21(27(23)31)22-14-37(17-43-9-10-44(2,3)4)29-28(22)33-13-25(35-29)39-19-5-6-20(39)12-18(11-19)34-30(41)42/h7-8,13-15,18-20,34H,5-6,9-12,16-17H2,1-4H3,(H,32,40)(H,41,42). The van der Waals surface area contributed by atoms with Gasteiger partial charge in [-0.05, 0) is 37.8 Å². The highest BCUT2D eigenvalue weighted by Gasteiger charge is 2.42. The molecule has 2 aliphatic heterocycles. The summed E-state index contributed by atoms with van der Waals surface area (Å²) in [7, 11) is 0.336. The van der Waals surface area contributed by atoms with E-state index in [-0.39, 0.29) is 30.6 Å². The third-order valence-corrected chi connectivity index (χ3v) is 10.8. The summed E-state index contributed by atoms with van der Waals surface area (Å²) in [6.07, 6.45) is 8.14. The van der Waals surface area contributed by atoms with Crippen LogP contribution in [0.15, 0.2) is 30.7 Å². The smallest absolute Gasteiger partial charge is 0.404 e. The van der Waals surface area contributed by atoms with E-state index in [4.69, 9.17) is 26.3 Å². The Morgan fingerprint density at radius 3 is 2.57 bits per heavy atom. The maximum absolute atomic E-state index is 11.9. The molecule has 2 aliphatic rings. The molecule has 0 radical (unpaired) electrons. The van der Waals surface area contributed by atoms with Crippen LogP contribution < -0.4 is 15.5 Å². The first kappa shape index (κ1) is 30.3. The van der Waals surface area contributed by atoms with Crippen LogP contribution in [0.1, 0.15) is 25.7 Å². The van der Waals surface area contributed by atoms with Gasteiger partial charge >= 0.3 is 6.09 Å². The van der Waals surface area contributed by atoms with Crippen molar-refractivity contribution in [1.29, 1.82) is 0 Å². The van der Waals surface area contributed by atoms with Crippen molar-refractivity contribution >= 4 is 59.6 Å². The van der Waals surface area contributed by atoms with Crippen LogP contribution in [0.3, 0.4) is 0 Å². The molecule has 0 spiro atoms. The van der Waals surface area contributed by atoms with Crippen LogP contribution in [0.25, 0.3) is 33.2 Å². The molecular formula is C30H39ClN8O4Si. The van der Waals surface area contributed by atoms with Crippen molar-refractivity contribution in [2.45, 2.75) is 82.8 Å². The van der Waals surface area contributed by atoms with E-state index in [0.29, 0.717) is 29.5 Å². The highest BCUT2D eigenvalue weighted by atomic mass is 35.5. The van der Waals surface area contributed by atoms with E-state index >= 15 is 0 Å². The van der Waals surface area contributed by atoms with Gasteiger partial charge in [0, 0.05) is 68.8 Å². The van der Waals surface area contributed by atoms with E-state index in [1.54, 1.807) is 17.9 Å². The number of amides is 2. The van der Waals surface area contributed by atoms with Gasteiger partial charge in [-0.3, -0.25) is 9.48 Å². The predicted molar refractivity (Wildman–Crippen MR) is 173 cm³/mol. The van der Waals surface area contributed by atoms with Gasteiger partial charge in [0.1, 0.15) is 24.6 Å². The van der Waals surface area contributed by atoms with Crippen LogP contribution in [0.4, 0.5) is 10.6 Å². The summed E-state index contributed by atoms with van der Waals surface area (Å²) >= 11 is 7.00. The zero-order chi connectivity index (χ0) is 31.2. The van der Waals surface area contributed by atoms with E-state index in [1.165, 1.54) is 0 Å². The Morgan fingerprint density at radius 1 is 1.14 bits per heavy atom. The fourth-order valence-electron chi connectivity index (χ4n) is 6.47. The lowest BCUT2D eigenvalue weighted by Crippen LogP contribution is -2.50. The summed E-state index contributed by atoms with van der Waals surface area (Å²) < 4.78 is 9.75. The fraction of sp³-hybridized carbons (Fsp3) is 0.500. The van der Waals surface area contributed by atoms with Crippen molar-refractivity contribution in [3.8, 4) is 11.1 Å². The number of aromatic nitrogens is 5. The number of anilines is 1. The third kappa shape index (κ3) is 6.13. The number of likely N-dealkylation sites (N-methyl/N-ethyl adjacent to an activating group) is 1. The lowest BCUT2D eigenvalue weighted by molar-refractivity contribution is -0.121. The van der Waals surface area contributed by atoms with Crippen molar-refractivity contribution < 1.29 is 19.4 Å². The van der Waals surface area contributed by atoms with E-state index in [2.05, 4.69) is 40.3 Å². The number of rotatable bonds is 10. The topological polar surface area (TPSA) is 139 Å². The Labute approximate surface area is 261 Å². The Bertz CT molecular complexity index is 1700. The summed E-state index contributed by atoms with van der Waals surface area (Å²) in [6.45, 7) is 8.09. The zero-order valence-corrected chi connectivity index (χ0v) is 27.3. The quantitative estimate of drug-likeness (QED) is 0.164. The van der Waals surface area contributed by atoms with E-state index in [1.807, 2.05) is 29.1 Å². The monoisotopic (exact) mass is 638 g/mol. The van der Waals surface area contributed by atoms with Gasteiger partial charge in [-0.2, -0.15) is 5.10 Å². The number of halogens is 1. The minimum Gasteiger partial charge on any atom is -0.465 e. The molecule has 0 saturated carbocycles. The number of ether oxygens (including phenoxy) is 1. The lowest BCUT2D eigenvalue weighted by atomic mass is 9.97. The van der Waals surface area contributed by atoms with Crippen molar-refractivity contribution in [1.82, 2.24) is 34.9 Å². The van der Waals surface area contributed by atoms with Gasteiger partial charge in [0.25, 0.3) is 0 Å². The van der Waals surface area contributed by atoms with Gasteiger partial charge in [-0.15, -0.1) is 0 Å². The van der Waals surface area contributed by atoms with E-state index < -0.39 is 14.2 Å². The number of hydrogen-bond acceptors (Lipinski definition) is 7. The number of hydrogen-bond donors (Lipinski definition) is 3. The normalized spacial score (nSPS) is 20.0. The average Bonchev–Trinajstić information content (AvgIpc) is 3.62. The van der Waals surface area contributed by atoms with Gasteiger partial charge in [-0.1, -0.05) is 37.3 Å². The van der Waals surface area contributed by atoms with E-state index in [9.17, 15) is 14.7 Å². The summed E-state index contributed by atoms with van der Waals surface area (Å²) in [5.41, 5.74) is 3.77. The highest BCUT2D eigenvalue weighted by Crippen LogP contribution is 2.41. The molecule has 2 unspecified atom stereocenters. The van der Waals surface area contributed by atoms with Crippen molar-refractivity contribution in [2.24, 2.45) is 0 Å². The van der Waals surface area contributed by atoms with Crippen molar-refractivity contribution in [3.05, 3.63) is 35.7 Å². The van der Waals surface area contributed by atoms with Crippen molar-refractivity contribution in [2.75, 3.05) is 18.6 Å². The largest absolute Gasteiger partial charge is 0.465 e. The van der Waals surface area contributed by atoms with Crippen LogP contribution in [0.5, 0.6) is 0 Å². The molecule has 5 heterocycles. The maximum Gasteiger partial charge on any atom is 0.404 e. The van der Waals surface area contributed by atoms with E-state index in [0.717, 1.165) is 59.6 Å². The molecule has 6 rings (SSSR count). The average molecular weight is 639 g/mol. The molecule has 2 amide bonds. The van der Waals surface area contributed by atoms with Gasteiger partial charge in [-0.25, -0.2) is 14.8 Å². The number of carbonyl (C=O) groups is 2. The Morgan fingerprint density at radius 2 is 1.89 bits per heavy atom. The molecule has 2 atom stereocenters. The second-order valence-electron chi connectivity index (χ2n) is 13.0. The number of piperidine rings is 1. The lowest BCUT2D eigenvalue weighted by Gasteiger charge is -2.39. The predicted octanol–water partition coefficient (Wildman–Crippen LogP) is 4.93. The summed E-state index contributed by atoms with van der Waals surface area (Å²) in [6, 6.07) is 5.25. The first-order chi connectivity index (χ1) is 21.0. The van der Waals surface area contributed by atoms with Crippen LogP contribution in [0.2, 0.25) is 30.7 Å². The van der Waals surface area contributed by atoms with Crippen LogP contribution in [-0.4, -0.2) is 81.3 Å². The molecule has 2 fully saturated rings. The third-order valence-electron chi connectivity index (χ3n) is 8.65. The first-order valence-electron chi connectivity index (χ1n) is 15.1. The molecule has 3 aromatic heterocycles. The molecule has 12 nitrogen and oxygen atoms in total.